The number of ether oxygens (including phenoxy) is 1. The maximum atomic E-state index is 12.1. The quantitative estimate of drug-likeness (QED) is 0.921. The summed E-state index contributed by atoms with van der Waals surface area (Å²) in [6, 6.07) is 3.62. The number of aryl methyl sites for hydroxylation is 1. The number of morpholine rings is 1. The van der Waals surface area contributed by atoms with Gasteiger partial charge in [0.15, 0.2) is 0 Å². The van der Waals surface area contributed by atoms with Gasteiger partial charge in [0.1, 0.15) is 10.8 Å². The maximum Gasteiger partial charge on any atom is 0.259 e. The van der Waals surface area contributed by atoms with Crippen molar-refractivity contribution in [3.05, 3.63) is 28.9 Å². The van der Waals surface area contributed by atoms with Crippen LogP contribution in [0.4, 0.5) is 10.9 Å². The fraction of sp³-hybridized carbons (Fsp3) is 0.385. The second kappa shape index (κ2) is 6.15. The van der Waals surface area contributed by atoms with Crippen LogP contribution in [0.15, 0.2) is 18.3 Å². The zero-order chi connectivity index (χ0) is 14.7. The number of nitrogens with zero attached hydrogens (tertiary/aromatic N) is 4. The number of rotatable bonds is 3. The van der Waals surface area contributed by atoms with Crippen LogP contribution in [-0.4, -0.2) is 47.4 Å². The molecule has 1 N–H and O–H groups in total. The first-order chi connectivity index (χ1) is 10.2. The van der Waals surface area contributed by atoms with Gasteiger partial charge in [-0.25, -0.2) is 4.98 Å². The van der Waals surface area contributed by atoms with Gasteiger partial charge in [0, 0.05) is 19.3 Å². The van der Waals surface area contributed by atoms with Gasteiger partial charge >= 0.3 is 0 Å². The highest BCUT2D eigenvalue weighted by molar-refractivity contribution is 7.15. The van der Waals surface area contributed by atoms with Crippen LogP contribution in [-0.2, 0) is 4.74 Å². The highest BCUT2D eigenvalue weighted by Gasteiger charge is 2.14. The molecule has 0 unspecified atom stereocenters. The van der Waals surface area contributed by atoms with Gasteiger partial charge in [0.2, 0.25) is 5.13 Å². The first-order valence-corrected chi connectivity index (χ1v) is 7.44. The molecule has 2 aromatic rings. The molecule has 0 bridgehead atoms. The summed E-state index contributed by atoms with van der Waals surface area (Å²) >= 11 is 1.34. The van der Waals surface area contributed by atoms with E-state index < -0.39 is 0 Å². The van der Waals surface area contributed by atoms with Crippen LogP contribution in [0.1, 0.15) is 15.4 Å². The van der Waals surface area contributed by atoms with Gasteiger partial charge in [-0.15, -0.1) is 10.2 Å². The average Bonchev–Trinajstić information content (AvgIpc) is 2.93. The van der Waals surface area contributed by atoms with E-state index in [4.69, 9.17) is 4.74 Å². The van der Waals surface area contributed by atoms with Crippen LogP contribution in [0.5, 0.6) is 0 Å². The fourth-order valence-electron chi connectivity index (χ4n) is 2.02. The van der Waals surface area contributed by atoms with Crippen molar-refractivity contribution in [3.63, 3.8) is 0 Å². The van der Waals surface area contributed by atoms with Crippen LogP contribution in [0, 0.1) is 6.92 Å². The van der Waals surface area contributed by atoms with Crippen molar-refractivity contribution < 1.29 is 9.53 Å². The molecule has 0 radical (unpaired) electrons. The Labute approximate surface area is 126 Å². The number of pyridine rings is 1. The number of aromatic nitrogens is 3. The van der Waals surface area contributed by atoms with Crippen LogP contribution in [0.3, 0.4) is 0 Å². The second-order valence-electron chi connectivity index (χ2n) is 4.58. The highest BCUT2D eigenvalue weighted by atomic mass is 32.1. The predicted octanol–water partition coefficient (Wildman–Crippen LogP) is 1.33. The van der Waals surface area contributed by atoms with E-state index in [0.717, 1.165) is 23.9 Å². The Bertz CT molecular complexity index is 622. The summed E-state index contributed by atoms with van der Waals surface area (Å²) in [6.45, 7) is 4.90. The molecule has 3 heterocycles. The molecule has 1 amide bonds. The largest absolute Gasteiger partial charge is 0.378 e. The number of nitrogens with one attached hydrogen (secondary N) is 1. The van der Waals surface area contributed by atoms with E-state index >= 15 is 0 Å². The normalized spacial score (nSPS) is 15.0. The Morgan fingerprint density at radius 1 is 1.33 bits per heavy atom. The lowest BCUT2D eigenvalue weighted by molar-refractivity contribution is 0.102. The molecular formula is C13H15N5O2S. The minimum Gasteiger partial charge on any atom is -0.378 e. The van der Waals surface area contributed by atoms with Gasteiger partial charge < -0.3 is 9.64 Å². The maximum absolute atomic E-state index is 12.1. The number of hydrogen-bond acceptors (Lipinski definition) is 7. The number of hydrogen-bond donors (Lipinski definition) is 1. The summed E-state index contributed by atoms with van der Waals surface area (Å²) in [5.41, 5.74) is 0.500. The van der Waals surface area contributed by atoms with Crippen molar-refractivity contribution in [2.45, 2.75) is 6.92 Å². The predicted molar refractivity (Wildman–Crippen MR) is 79.9 cm³/mol. The molecule has 0 aromatic carbocycles. The molecule has 110 valence electrons. The number of carbonyl (C=O) groups excluding carboxylic acids is 1. The Hall–Kier alpha value is -2.06. The third kappa shape index (κ3) is 3.34. The molecule has 21 heavy (non-hydrogen) atoms. The van der Waals surface area contributed by atoms with Crippen LogP contribution >= 0.6 is 11.3 Å². The summed E-state index contributed by atoms with van der Waals surface area (Å²) in [7, 11) is 0. The standard InChI is InChI=1S/C13H15N5O2S/c1-9-16-17-13(21-9)15-12(19)10-2-3-11(14-8-10)18-4-6-20-7-5-18/h2-3,8H,4-7H2,1H3,(H,15,17,19). The molecule has 1 aliphatic heterocycles. The van der Waals surface area contributed by atoms with Gasteiger partial charge in [0.25, 0.3) is 5.91 Å². The van der Waals surface area contributed by atoms with Crippen molar-refractivity contribution in [2.75, 3.05) is 36.5 Å². The van der Waals surface area contributed by atoms with Crippen molar-refractivity contribution in [1.29, 1.82) is 0 Å². The van der Waals surface area contributed by atoms with Gasteiger partial charge in [0.05, 0.1) is 18.8 Å². The molecular weight excluding hydrogens is 290 g/mol. The molecule has 0 spiro atoms. The van der Waals surface area contributed by atoms with E-state index in [0.29, 0.717) is 23.9 Å². The Kier molecular flexibility index (Phi) is 4.07. The first-order valence-electron chi connectivity index (χ1n) is 6.62. The second-order valence-corrected chi connectivity index (χ2v) is 5.77. The first kappa shape index (κ1) is 13.9. The molecule has 0 atom stereocenters. The number of amides is 1. The smallest absolute Gasteiger partial charge is 0.259 e. The van der Waals surface area contributed by atoms with E-state index in [1.54, 1.807) is 12.3 Å². The number of carbonyl (C=O) groups is 1. The third-order valence-electron chi connectivity index (χ3n) is 3.09. The van der Waals surface area contributed by atoms with Crippen LogP contribution < -0.4 is 10.2 Å². The molecule has 1 aliphatic rings. The zero-order valence-corrected chi connectivity index (χ0v) is 12.4. The summed E-state index contributed by atoms with van der Waals surface area (Å²) in [6.07, 6.45) is 1.58. The average molecular weight is 305 g/mol. The summed E-state index contributed by atoms with van der Waals surface area (Å²) in [5.74, 6) is 0.633. The van der Waals surface area contributed by atoms with Crippen molar-refractivity contribution in [2.24, 2.45) is 0 Å². The highest BCUT2D eigenvalue weighted by Crippen LogP contribution is 2.16. The van der Waals surface area contributed by atoms with E-state index in [1.807, 2.05) is 13.0 Å². The number of anilines is 2. The van der Waals surface area contributed by atoms with Crippen molar-refractivity contribution in [3.8, 4) is 0 Å². The van der Waals surface area contributed by atoms with Gasteiger partial charge in [-0.3, -0.25) is 10.1 Å². The van der Waals surface area contributed by atoms with E-state index in [2.05, 4.69) is 25.4 Å². The summed E-state index contributed by atoms with van der Waals surface area (Å²) in [5, 5.41) is 11.7. The SMILES string of the molecule is Cc1nnc(NC(=O)c2ccc(N3CCOCC3)nc2)s1. The van der Waals surface area contributed by atoms with Gasteiger partial charge in [-0.2, -0.15) is 0 Å². The molecule has 0 saturated carbocycles. The van der Waals surface area contributed by atoms with Crippen LogP contribution in [0.25, 0.3) is 0 Å². The molecule has 2 aromatic heterocycles. The molecule has 1 fully saturated rings. The topological polar surface area (TPSA) is 80.2 Å². The van der Waals surface area contributed by atoms with Crippen molar-refractivity contribution in [1.82, 2.24) is 15.2 Å². The third-order valence-corrected chi connectivity index (χ3v) is 3.85. The molecule has 3 rings (SSSR count). The van der Waals surface area contributed by atoms with E-state index in [-0.39, 0.29) is 5.91 Å². The molecule has 0 aliphatic carbocycles. The molecule has 8 heteroatoms. The minimum absolute atomic E-state index is 0.229. The van der Waals surface area contributed by atoms with Gasteiger partial charge in [-0.1, -0.05) is 11.3 Å². The molecule has 7 nitrogen and oxygen atoms in total. The summed E-state index contributed by atoms with van der Waals surface area (Å²) in [4.78, 5) is 18.6. The van der Waals surface area contributed by atoms with Crippen molar-refractivity contribution >= 4 is 28.2 Å². The van der Waals surface area contributed by atoms with E-state index in [9.17, 15) is 4.79 Å². The Morgan fingerprint density at radius 3 is 2.76 bits per heavy atom. The lowest BCUT2D eigenvalue weighted by Gasteiger charge is -2.27. The lowest BCUT2D eigenvalue weighted by Crippen LogP contribution is -2.36. The van der Waals surface area contributed by atoms with Gasteiger partial charge in [-0.05, 0) is 19.1 Å². The zero-order valence-electron chi connectivity index (χ0n) is 11.6. The fourth-order valence-corrected chi connectivity index (χ4v) is 2.60. The Morgan fingerprint density at radius 2 is 2.14 bits per heavy atom. The summed E-state index contributed by atoms with van der Waals surface area (Å²) < 4.78 is 5.31. The lowest BCUT2D eigenvalue weighted by atomic mass is 10.2. The monoisotopic (exact) mass is 305 g/mol. The Balaban J connectivity index is 1.67. The molecule has 1 saturated heterocycles. The minimum atomic E-state index is -0.229. The van der Waals surface area contributed by atoms with Crippen LogP contribution in [0.2, 0.25) is 0 Å². The van der Waals surface area contributed by atoms with E-state index in [1.165, 1.54) is 11.3 Å².